The van der Waals surface area contributed by atoms with Crippen LogP contribution >= 0.6 is 11.3 Å². The van der Waals surface area contributed by atoms with Crippen LogP contribution in [0.3, 0.4) is 0 Å². The molecule has 4 heteroatoms. The standard InChI is InChI=1S/C11H13N3S/c1-9-11(15-8-14-9)7-13-6-10-2-4-12-5-3-10/h2-5,8,13H,6-7H2,1H3. The van der Waals surface area contributed by atoms with E-state index in [2.05, 4.69) is 15.3 Å². The summed E-state index contributed by atoms with van der Waals surface area (Å²) >= 11 is 1.70. The van der Waals surface area contributed by atoms with Gasteiger partial charge in [0, 0.05) is 30.4 Å². The van der Waals surface area contributed by atoms with Crippen molar-refractivity contribution >= 4 is 11.3 Å². The van der Waals surface area contributed by atoms with Crippen LogP contribution in [-0.4, -0.2) is 9.97 Å². The van der Waals surface area contributed by atoms with Gasteiger partial charge in [-0.15, -0.1) is 11.3 Å². The average molecular weight is 219 g/mol. The van der Waals surface area contributed by atoms with Crippen molar-refractivity contribution in [3.05, 3.63) is 46.2 Å². The average Bonchev–Trinajstić information content (AvgIpc) is 2.66. The molecule has 0 saturated heterocycles. The maximum atomic E-state index is 4.21. The second kappa shape index (κ2) is 5.00. The number of aryl methyl sites for hydroxylation is 1. The Kier molecular flexibility index (Phi) is 3.42. The second-order valence-corrected chi connectivity index (χ2v) is 4.26. The highest BCUT2D eigenvalue weighted by molar-refractivity contribution is 7.09. The topological polar surface area (TPSA) is 37.8 Å². The number of thiazole rings is 1. The number of nitrogens with zero attached hydrogens (tertiary/aromatic N) is 2. The second-order valence-electron chi connectivity index (χ2n) is 3.32. The molecule has 0 amide bonds. The van der Waals surface area contributed by atoms with Gasteiger partial charge in [-0.25, -0.2) is 4.98 Å². The Morgan fingerprint density at radius 3 is 2.73 bits per heavy atom. The number of nitrogens with one attached hydrogen (secondary N) is 1. The van der Waals surface area contributed by atoms with Crippen LogP contribution in [0.1, 0.15) is 16.1 Å². The summed E-state index contributed by atoms with van der Waals surface area (Å²) in [6.45, 7) is 3.80. The summed E-state index contributed by atoms with van der Waals surface area (Å²) in [6.07, 6.45) is 3.63. The smallest absolute Gasteiger partial charge is 0.0798 e. The molecule has 2 aromatic rings. The lowest BCUT2D eigenvalue weighted by molar-refractivity contribution is 0.696. The molecule has 2 aromatic heterocycles. The van der Waals surface area contributed by atoms with Gasteiger partial charge in [-0.3, -0.25) is 4.98 Å². The number of hydrogen-bond acceptors (Lipinski definition) is 4. The molecule has 3 nitrogen and oxygen atoms in total. The first-order valence-corrected chi connectivity index (χ1v) is 5.73. The number of hydrogen-bond donors (Lipinski definition) is 1. The molecule has 15 heavy (non-hydrogen) atoms. The van der Waals surface area contributed by atoms with E-state index in [0.717, 1.165) is 18.8 Å². The van der Waals surface area contributed by atoms with Gasteiger partial charge in [-0.2, -0.15) is 0 Å². The normalized spacial score (nSPS) is 10.5. The fourth-order valence-corrected chi connectivity index (χ4v) is 2.06. The van der Waals surface area contributed by atoms with Gasteiger partial charge in [0.05, 0.1) is 11.2 Å². The van der Waals surface area contributed by atoms with E-state index in [4.69, 9.17) is 0 Å². The molecule has 0 saturated carbocycles. The Labute approximate surface area is 93.2 Å². The molecule has 2 heterocycles. The summed E-state index contributed by atoms with van der Waals surface area (Å²) in [5.41, 5.74) is 4.27. The lowest BCUT2D eigenvalue weighted by atomic mass is 10.2. The van der Waals surface area contributed by atoms with Crippen molar-refractivity contribution < 1.29 is 0 Å². The molecular weight excluding hydrogens is 206 g/mol. The van der Waals surface area contributed by atoms with Gasteiger partial charge in [-0.05, 0) is 24.6 Å². The van der Waals surface area contributed by atoms with E-state index in [-0.39, 0.29) is 0 Å². The minimum Gasteiger partial charge on any atom is -0.308 e. The molecule has 0 aliphatic heterocycles. The maximum Gasteiger partial charge on any atom is 0.0798 e. The molecule has 0 unspecified atom stereocenters. The molecule has 0 aliphatic carbocycles. The van der Waals surface area contributed by atoms with E-state index in [1.807, 2.05) is 37.0 Å². The number of pyridine rings is 1. The summed E-state index contributed by atoms with van der Waals surface area (Å²) in [5.74, 6) is 0. The first kappa shape index (κ1) is 10.3. The molecule has 0 aromatic carbocycles. The summed E-state index contributed by atoms with van der Waals surface area (Å²) in [7, 11) is 0. The zero-order valence-electron chi connectivity index (χ0n) is 8.60. The predicted octanol–water partition coefficient (Wildman–Crippen LogP) is 2.14. The Morgan fingerprint density at radius 1 is 1.27 bits per heavy atom. The molecule has 0 radical (unpaired) electrons. The maximum absolute atomic E-state index is 4.21. The molecule has 78 valence electrons. The van der Waals surface area contributed by atoms with E-state index < -0.39 is 0 Å². The van der Waals surface area contributed by atoms with E-state index in [0.29, 0.717) is 0 Å². The monoisotopic (exact) mass is 219 g/mol. The quantitative estimate of drug-likeness (QED) is 0.856. The van der Waals surface area contributed by atoms with Gasteiger partial charge in [0.1, 0.15) is 0 Å². The van der Waals surface area contributed by atoms with E-state index in [9.17, 15) is 0 Å². The van der Waals surface area contributed by atoms with Crippen molar-refractivity contribution in [2.24, 2.45) is 0 Å². The Morgan fingerprint density at radius 2 is 2.07 bits per heavy atom. The van der Waals surface area contributed by atoms with Crippen molar-refractivity contribution in [1.82, 2.24) is 15.3 Å². The van der Waals surface area contributed by atoms with Crippen LogP contribution in [0.4, 0.5) is 0 Å². The van der Waals surface area contributed by atoms with Crippen molar-refractivity contribution in [3.63, 3.8) is 0 Å². The van der Waals surface area contributed by atoms with Gasteiger partial charge in [0.15, 0.2) is 0 Å². The number of aromatic nitrogens is 2. The molecule has 0 aliphatic rings. The first-order chi connectivity index (χ1) is 7.36. The molecule has 2 rings (SSSR count). The van der Waals surface area contributed by atoms with Crippen molar-refractivity contribution in [3.8, 4) is 0 Å². The van der Waals surface area contributed by atoms with Gasteiger partial charge >= 0.3 is 0 Å². The Hall–Kier alpha value is -1.26. The third-order valence-electron chi connectivity index (χ3n) is 2.21. The number of rotatable bonds is 4. The highest BCUT2D eigenvalue weighted by Crippen LogP contribution is 2.11. The highest BCUT2D eigenvalue weighted by atomic mass is 32.1. The van der Waals surface area contributed by atoms with Crippen molar-refractivity contribution in [2.75, 3.05) is 0 Å². The van der Waals surface area contributed by atoms with Gasteiger partial charge in [0.25, 0.3) is 0 Å². The van der Waals surface area contributed by atoms with E-state index >= 15 is 0 Å². The van der Waals surface area contributed by atoms with Crippen LogP contribution in [-0.2, 0) is 13.1 Å². The summed E-state index contributed by atoms with van der Waals surface area (Å²) in [6, 6.07) is 4.04. The van der Waals surface area contributed by atoms with Gasteiger partial charge in [-0.1, -0.05) is 0 Å². The van der Waals surface area contributed by atoms with Crippen molar-refractivity contribution in [2.45, 2.75) is 20.0 Å². The van der Waals surface area contributed by atoms with Gasteiger partial charge < -0.3 is 5.32 Å². The van der Waals surface area contributed by atoms with Crippen LogP contribution in [0.5, 0.6) is 0 Å². The molecule has 0 bridgehead atoms. The predicted molar refractivity (Wildman–Crippen MR) is 61.6 cm³/mol. The van der Waals surface area contributed by atoms with Crippen molar-refractivity contribution in [1.29, 1.82) is 0 Å². The van der Waals surface area contributed by atoms with Crippen LogP contribution in [0, 0.1) is 6.92 Å². The minimum absolute atomic E-state index is 0.875. The zero-order valence-corrected chi connectivity index (χ0v) is 9.42. The SMILES string of the molecule is Cc1ncsc1CNCc1ccncc1. The first-order valence-electron chi connectivity index (χ1n) is 4.85. The molecule has 0 atom stereocenters. The van der Waals surface area contributed by atoms with Crippen LogP contribution < -0.4 is 5.32 Å². The fraction of sp³-hybridized carbons (Fsp3) is 0.273. The largest absolute Gasteiger partial charge is 0.308 e. The summed E-state index contributed by atoms with van der Waals surface area (Å²) < 4.78 is 0. The summed E-state index contributed by atoms with van der Waals surface area (Å²) in [4.78, 5) is 9.50. The lowest BCUT2D eigenvalue weighted by Crippen LogP contribution is -2.12. The molecule has 0 fully saturated rings. The Balaban J connectivity index is 1.83. The van der Waals surface area contributed by atoms with Crippen LogP contribution in [0.25, 0.3) is 0 Å². The lowest BCUT2D eigenvalue weighted by Gasteiger charge is -2.03. The van der Waals surface area contributed by atoms with Crippen LogP contribution in [0.2, 0.25) is 0 Å². The fourth-order valence-electron chi connectivity index (χ4n) is 1.32. The third kappa shape index (κ3) is 2.84. The molecule has 0 spiro atoms. The third-order valence-corrected chi connectivity index (χ3v) is 3.14. The zero-order chi connectivity index (χ0) is 10.5. The summed E-state index contributed by atoms with van der Waals surface area (Å²) in [5, 5.41) is 3.39. The highest BCUT2D eigenvalue weighted by Gasteiger charge is 1.99. The van der Waals surface area contributed by atoms with Crippen LogP contribution in [0.15, 0.2) is 30.0 Å². The molecule has 1 N–H and O–H groups in total. The minimum atomic E-state index is 0.875. The van der Waals surface area contributed by atoms with E-state index in [1.54, 1.807) is 11.3 Å². The molecular formula is C11H13N3S. The van der Waals surface area contributed by atoms with Gasteiger partial charge in [0.2, 0.25) is 0 Å². The van der Waals surface area contributed by atoms with E-state index in [1.165, 1.54) is 10.4 Å². The Bertz CT molecular complexity index is 411.